The van der Waals surface area contributed by atoms with E-state index >= 15 is 0 Å². The molecule has 0 spiro atoms. The number of piperidine rings is 3. The Kier molecular flexibility index (Phi) is 6.45. The van der Waals surface area contributed by atoms with Crippen molar-refractivity contribution >= 4 is 0 Å². The fourth-order valence-corrected chi connectivity index (χ4v) is 7.37. The summed E-state index contributed by atoms with van der Waals surface area (Å²) in [5, 5.41) is 50.2. The first-order valence-electron chi connectivity index (χ1n) is 12.1. The first-order valence-corrected chi connectivity index (χ1v) is 12.1. The molecule has 0 aliphatic carbocycles. The first kappa shape index (κ1) is 26.3. The second kappa shape index (κ2) is 7.85. The van der Waals surface area contributed by atoms with Crippen molar-refractivity contribution in [2.45, 2.75) is 146 Å². The van der Waals surface area contributed by atoms with Crippen LogP contribution in [0.15, 0.2) is 0 Å². The lowest BCUT2D eigenvalue weighted by atomic mass is 9.59. The molecule has 3 heterocycles. The van der Waals surface area contributed by atoms with Gasteiger partial charge < -0.3 is 25.5 Å². The fourth-order valence-electron chi connectivity index (χ4n) is 7.37. The van der Waals surface area contributed by atoms with Crippen LogP contribution in [-0.2, 0) is 4.74 Å². The van der Waals surface area contributed by atoms with E-state index in [1.54, 1.807) is 7.11 Å². The molecule has 3 fully saturated rings. The molecular weight excluding hydrogens is 410 g/mol. The van der Waals surface area contributed by atoms with E-state index < -0.39 is 39.3 Å². The Morgan fingerprint density at radius 1 is 0.625 bits per heavy atom. The number of hydroxylamine groups is 6. The molecule has 0 amide bonds. The third-order valence-corrected chi connectivity index (χ3v) is 9.74. The number of methoxy groups -OCH3 is 1. The van der Waals surface area contributed by atoms with Gasteiger partial charge in [0.1, 0.15) is 0 Å². The zero-order chi connectivity index (χ0) is 24.5. The average Bonchev–Trinajstić information content (AvgIpc) is 2.67. The second-order valence-corrected chi connectivity index (χ2v) is 12.8. The smallest absolute Gasteiger partial charge is 0.0668 e. The quantitative estimate of drug-likeness (QED) is 0.508. The second-order valence-electron chi connectivity index (χ2n) is 12.8. The summed E-state index contributed by atoms with van der Waals surface area (Å²) < 4.78 is 5.75. The molecule has 3 saturated heterocycles. The molecule has 32 heavy (non-hydrogen) atoms. The van der Waals surface area contributed by atoms with Crippen molar-refractivity contribution in [1.82, 2.24) is 15.2 Å². The summed E-state index contributed by atoms with van der Waals surface area (Å²) in [5.74, 6) is 0. The molecule has 3 rings (SSSR count). The number of rotatable bonds is 3. The summed E-state index contributed by atoms with van der Waals surface area (Å²) in [5.41, 5.74) is -4.69. The van der Waals surface area contributed by atoms with E-state index in [-0.39, 0.29) is 6.10 Å². The van der Waals surface area contributed by atoms with E-state index in [0.29, 0.717) is 32.1 Å². The molecular formula is C24H47N3O5. The van der Waals surface area contributed by atoms with E-state index in [1.165, 1.54) is 15.2 Å². The van der Waals surface area contributed by atoms with Crippen LogP contribution < -0.4 is 0 Å². The molecule has 0 aromatic rings. The van der Waals surface area contributed by atoms with Crippen LogP contribution in [0.5, 0.6) is 0 Å². The number of ether oxygens (including phenoxy) is 1. The van der Waals surface area contributed by atoms with Gasteiger partial charge in [-0.3, -0.25) is 0 Å². The van der Waals surface area contributed by atoms with E-state index in [0.717, 1.165) is 12.8 Å². The van der Waals surface area contributed by atoms with Crippen LogP contribution in [0.2, 0.25) is 0 Å². The third kappa shape index (κ3) is 3.49. The normalized spacial score (nSPS) is 48.7. The van der Waals surface area contributed by atoms with E-state index in [1.807, 2.05) is 55.4 Å². The predicted octanol–water partition coefficient (Wildman–Crippen LogP) is 3.80. The number of aliphatic hydroxyl groups is 1. The zero-order valence-electron chi connectivity index (χ0n) is 21.6. The van der Waals surface area contributed by atoms with Crippen molar-refractivity contribution in [3.05, 3.63) is 0 Å². The van der Waals surface area contributed by atoms with Gasteiger partial charge in [-0.2, -0.15) is 15.2 Å². The van der Waals surface area contributed by atoms with Crippen LogP contribution in [0.3, 0.4) is 0 Å². The van der Waals surface area contributed by atoms with Crippen molar-refractivity contribution in [3.8, 4) is 0 Å². The van der Waals surface area contributed by atoms with Gasteiger partial charge in [-0.15, -0.1) is 0 Å². The SMILES string of the molecule is COC1CC(C)(C)N(O)C(C)(C2(C)CC(O)CC(C)(C3(C)CCCC(C)(C)N3O)N2O)C1. The molecule has 8 nitrogen and oxygen atoms in total. The average molecular weight is 458 g/mol. The fraction of sp³-hybridized carbons (Fsp3) is 1.00. The largest absolute Gasteiger partial charge is 0.393 e. The standard InChI is InChI=1S/C24H47N3O5/c1-19(2)11-10-12-21(5,25(19)29)22(6)13-17(28)14-23(7,27(22)31)24(8)16-18(32-9)15-20(3,4)26(24)30/h17-18,28-31H,10-16H2,1-9H3. The van der Waals surface area contributed by atoms with Gasteiger partial charge in [-0.05, 0) is 100 Å². The third-order valence-electron chi connectivity index (χ3n) is 9.74. The van der Waals surface area contributed by atoms with E-state index in [4.69, 9.17) is 4.74 Å². The van der Waals surface area contributed by atoms with Crippen molar-refractivity contribution in [2.24, 2.45) is 0 Å². The van der Waals surface area contributed by atoms with Crippen LogP contribution in [0.25, 0.3) is 0 Å². The van der Waals surface area contributed by atoms with Crippen LogP contribution >= 0.6 is 0 Å². The van der Waals surface area contributed by atoms with Gasteiger partial charge in [0.2, 0.25) is 0 Å². The van der Waals surface area contributed by atoms with E-state index in [9.17, 15) is 20.7 Å². The van der Waals surface area contributed by atoms with Crippen molar-refractivity contribution in [3.63, 3.8) is 0 Å². The lowest BCUT2D eigenvalue weighted by molar-refractivity contribution is -0.386. The summed E-state index contributed by atoms with van der Waals surface area (Å²) in [4.78, 5) is 0. The molecule has 0 bridgehead atoms. The van der Waals surface area contributed by atoms with Gasteiger partial charge in [0.15, 0.2) is 0 Å². The van der Waals surface area contributed by atoms with Crippen molar-refractivity contribution in [1.29, 1.82) is 0 Å². The van der Waals surface area contributed by atoms with Crippen LogP contribution in [0, 0.1) is 0 Å². The molecule has 4 N–H and O–H groups in total. The Morgan fingerprint density at radius 3 is 1.62 bits per heavy atom. The van der Waals surface area contributed by atoms with Crippen molar-refractivity contribution < 1.29 is 25.5 Å². The maximum Gasteiger partial charge on any atom is 0.0668 e. The van der Waals surface area contributed by atoms with Crippen molar-refractivity contribution in [2.75, 3.05) is 7.11 Å². The lowest BCUT2D eigenvalue weighted by Crippen LogP contribution is -2.83. The van der Waals surface area contributed by atoms with Gasteiger partial charge >= 0.3 is 0 Å². The monoisotopic (exact) mass is 457 g/mol. The molecule has 0 radical (unpaired) electrons. The van der Waals surface area contributed by atoms with Crippen LogP contribution in [0.1, 0.15) is 100 Å². The molecule has 0 aromatic carbocycles. The molecule has 188 valence electrons. The maximum atomic E-state index is 12.0. The van der Waals surface area contributed by atoms with Crippen LogP contribution in [0.4, 0.5) is 0 Å². The molecule has 0 aromatic heterocycles. The summed E-state index contributed by atoms with van der Waals surface area (Å²) >= 11 is 0. The summed E-state index contributed by atoms with van der Waals surface area (Å²) in [6, 6.07) is 0. The predicted molar refractivity (Wildman–Crippen MR) is 122 cm³/mol. The van der Waals surface area contributed by atoms with Gasteiger partial charge in [0.25, 0.3) is 0 Å². The molecule has 6 atom stereocenters. The van der Waals surface area contributed by atoms with E-state index in [2.05, 4.69) is 0 Å². The number of hydrogen-bond donors (Lipinski definition) is 4. The van der Waals surface area contributed by atoms with Crippen LogP contribution in [-0.4, -0.2) is 88.5 Å². The molecule has 6 unspecified atom stereocenters. The van der Waals surface area contributed by atoms with Gasteiger partial charge in [0.05, 0.1) is 34.4 Å². The minimum atomic E-state index is -1.01. The molecule has 0 saturated carbocycles. The molecule has 3 aliphatic rings. The topological polar surface area (TPSA) is 99.9 Å². The highest BCUT2D eigenvalue weighted by molar-refractivity contribution is 5.21. The Hall–Kier alpha value is -0.320. The number of nitrogens with zero attached hydrogens (tertiary/aromatic N) is 3. The molecule has 8 heteroatoms. The Labute approximate surface area is 194 Å². The van der Waals surface area contributed by atoms with Gasteiger partial charge in [-0.1, -0.05) is 0 Å². The summed E-state index contributed by atoms with van der Waals surface area (Å²) in [6.07, 6.45) is 3.46. The number of hydrogen-bond acceptors (Lipinski definition) is 8. The summed E-state index contributed by atoms with van der Waals surface area (Å²) in [7, 11) is 1.68. The maximum absolute atomic E-state index is 12.0. The Bertz CT molecular complexity index is 720. The minimum Gasteiger partial charge on any atom is -0.393 e. The lowest BCUT2D eigenvalue weighted by Gasteiger charge is -2.69. The first-order chi connectivity index (χ1) is 14.4. The van der Waals surface area contributed by atoms with Gasteiger partial charge in [0, 0.05) is 18.2 Å². The Balaban J connectivity index is 2.12. The highest BCUT2D eigenvalue weighted by atomic mass is 16.5. The molecule has 3 aliphatic heterocycles. The number of aliphatic hydroxyl groups excluding tert-OH is 1. The zero-order valence-corrected chi connectivity index (χ0v) is 21.6. The minimum absolute atomic E-state index is 0.0903. The highest BCUT2D eigenvalue weighted by Gasteiger charge is 2.68. The Morgan fingerprint density at radius 2 is 1.09 bits per heavy atom. The highest BCUT2D eigenvalue weighted by Crippen LogP contribution is 2.56. The van der Waals surface area contributed by atoms with Gasteiger partial charge in [-0.25, -0.2) is 0 Å². The summed E-state index contributed by atoms with van der Waals surface area (Å²) in [6.45, 7) is 15.8.